The van der Waals surface area contributed by atoms with Crippen molar-refractivity contribution in [2.45, 2.75) is 59.2 Å². The summed E-state index contributed by atoms with van der Waals surface area (Å²) >= 11 is 0. The monoisotopic (exact) mass is 555 g/mol. The maximum Gasteiger partial charge on any atom is 0.407 e. The first-order chi connectivity index (χ1) is 14.7. The van der Waals surface area contributed by atoms with Gasteiger partial charge in [-0.1, -0.05) is 6.07 Å². The number of imidazole rings is 1. The van der Waals surface area contributed by atoms with Crippen LogP contribution in [0.3, 0.4) is 0 Å². The molecule has 0 aliphatic carbocycles. The average Bonchev–Trinajstić information content (AvgIpc) is 3.33. The molecule has 1 aliphatic heterocycles. The number of nitrogens with zero attached hydrogens (tertiary/aromatic N) is 5. The van der Waals surface area contributed by atoms with Gasteiger partial charge < -0.3 is 20.3 Å². The molecule has 1 unspecified atom stereocenters. The standard InChI is InChI=1S/C22H33N7O2.HI/c1-6-23-20(28-11-9-18(15-28)27-21(30)31-22(3,4)5)26-14-17-7-8-19(25-13-17)29-12-10-24-16(29)2;/h7-8,10,12-13,18H,6,9,11,14-15H2,1-5H3,(H,23,26)(H,27,30);1H. The van der Waals surface area contributed by atoms with Crippen LogP contribution >= 0.6 is 24.0 Å². The molecule has 3 rings (SSSR count). The molecular formula is C22H34IN7O2. The van der Waals surface area contributed by atoms with Crippen molar-refractivity contribution in [1.82, 2.24) is 30.1 Å². The molecule has 1 saturated heterocycles. The van der Waals surface area contributed by atoms with Crippen LogP contribution in [0.2, 0.25) is 0 Å². The van der Waals surface area contributed by atoms with Crippen molar-refractivity contribution in [2.24, 2.45) is 4.99 Å². The van der Waals surface area contributed by atoms with Crippen LogP contribution in [0, 0.1) is 6.92 Å². The van der Waals surface area contributed by atoms with E-state index in [9.17, 15) is 4.79 Å². The summed E-state index contributed by atoms with van der Waals surface area (Å²) in [6, 6.07) is 4.05. The van der Waals surface area contributed by atoms with E-state index in [4.69, 9.17) is 9.73 Å². The smallest absolute Gasteiger partial charge is 0.407 e. The molecule has 3 heterocycles. The first-order valence-electron chi connectivity index (χ1n) is 10.7. The molecule has 1 aliphatic rings. The van der Waals surface area contributed by atoms with Crippen LogP contribution in [0.15, 0.2) is 35.7 Å². The largest absolute Gasteiger partial charge is 0.444 e. The van der Waals surface area contributed by atoms with Gasteiger partial charge in [0.15, 0.2) is 5.96 Å². The van der Waals surface area contributed by atoms with E-state index in [0.29, 0.717) is 13.1 Å². The molecule has 9 nitrogen and oxygen atoms in total. The van der Waals surface area contributed by atoms with Crippen LogP contribution < -0.4 is 10.6 Å². The fourth-order valence-electron chi connectivity index (χ4n) is 3.41. The molecule has 0 radical (unpaired) electrons. The van der Waals surface area contributed by atoms with Gasteiger partial charge in [-0.05, 0) is 52.7 Å². The van der Waals surface area contributed by atoms with Crippen LogP contribution in [0.25, 0.3) is 5.82 Å². The molecule has 1 atom stereocenters. The molecule has 176 valence electrons. The zero-order valence-corrected chi connectivity index (χ0v) is 21.8. The molecule has 0 saturated carbocycles. The number of hydrogen-bond donors (Lipinski definition) is 2. The third-order valence-corrected chi connectivity index (χ3v) is 4.84. The van der Waals surface area contributed by atoms with Gasteiger partial charge in [0, 0.05) is 38.2 Å². The minimum Gasteiger partial charge on any atom is -0.444 e. The Morgan fingerprint density at radius 2 is 2.09 bits per heavy atom. The Bertz CT molecular complexity index is 906. The van der Waals surface area contributed by atoms with E-state index in [1.54, 1.807) is 6.20 Å². The Labute approximate surface area is 207 Å². The SMILES string of the molecule is CCNC(=NCc1ccc(-n2ccnc2C)nc1)N1CCC(NC(=O)OC(C)(C)C)C1.I. The van der Waals surface area contributed by atoms with Gasteiger partial charge in [0.05, 0.1) is 12.6 Å². The number of amides is 1. The summed E-state index contributed by atoms with van der Waals surface area (Å²) in [6.07, 6.45) is 5.98. The van der Waals surface area contributed by atoms with Gasteiger partial charge in [-0.15, -0.1) is 24.0 Å². The Morgan fingerprint density at radius 3 is 2.69 bits per heavy atom. The van der Waals surface area contributed by atoms with Gasteiger partial charge in [0.25, 0.3) is 0 Å². The number of likely N-dealkylation sites (tertiary alicyclic amines) is 1. The Hall–Kier alpha value is -2.37. The molecule has 2 N–H and O–H groups in total. The fourth-order valence-corrected chi connectivity index (χ4v) is 3.41. The third kappa shape index (κ3) is 7.35. The molecule has 2 aromatic rings. The van der Waals surface area contributed by atoms with E-state index in [1.165, 1.54) is 0 Å². The van der Waals surface area contributed by atoms with Crippen molar-refractivity contribution in [3.63, 3.8) is 0 Å². The number of rotatable bonds is 5. The lowest BCUT2D eigenvalue weighted by Crippen LogP contribution is -2.44. The van der Waals surface area contributed by atoms with Crippen LogP contribution in [0.1, 0.15) is 45.5 Å². The quantitative estimate of drug-likeness (QED) is 0.334. The van der Waals surface area contributed by atoms with Crippen LogP contribution in [-0.2, 0) is 11.3 Å². The topological polar surface area (TPSA) is 96.7 Å². The molecule has 1 amide bonds. The lowest BCUT2D eigenvalue weighted by Gasteiger charge is -2.23. The summed E-state index contributed by atoms with van der Waals surface area (Å²) in [6.45, 7) is 12.4. The zero-order chi connectivity index (χ0) is 22.4. The van der Waals surface area contributed by atoms with Gasteiger partial charge in [0.2, 0.25) is 0 Å². The van der Waals surface area contributed by atoms with E-state index < -0.39 is 5.60 Å². The number of ether oxygens (including phenoxy) is 1. The Balaban J connectivity index is 0.00000363. The Kier molecular flexibility index (Phi) is 9.29. The second-order valence-corrected chi connectivity index (χ2v) is 8.62. The number of carbonyl (C=O) groups is 1. The van der Waals surface area contributed by atoms with E-state index in [0.717, 1.165) is 42.7 Å². The van der Waals surface area contributed by atoms with Gasteiger partial charge in [0.1, 0.15) is 17.2 Å². The third-order valence-electron chi connectivity index (χ3n) is 4.84. The second kappa shape index (κ2) is 11.5. The predicted molar refractivity (Wildman–Crippen MR) is 136 cm³/mol. The number of alkyl carbamates (subject to hydrolysis) is 1. The van der Waals surface area contributed by atoms with Crippen molar-refractivity contribution in [3.8, 4) is 5.82 Å². The van der Waals surface area contributed by atoms with Crippen molar-refractivity contribution in [2.75, 3.05) is 19.6 Å². The van der Waals surface area contributed by atoms with Gasteiger partial charge in [-0.25, -0.2) is 19.8 Å². The lowest BCUT2D eigenvalue weighted by atomic mass is 10.2. The van der Waals surface area contributed by atoms with E-state index in [1.807, 2.05) is 63.7 Å². The predicted octanol–water partition coefficient (Wildman–Crippen LogP) is 3.26. The second-order valence-electron chi connectivity index (χ2n) is 8.62. The highest BCUT2D eigenvalue weighted by atomic mass is 127. The molecule has 0 aromatic carbocycles. The number of guanidine groups is 1. The number of carbonyl (C=O) groups excluding carboxylic acids is 1. The maximum atomic E-state index is 12.1. The summed E-state index contributed by atoms with van der Waals surface area (Å²) in [5.41, 5.74) is 0.526. The summed E-state index contributed by atoms with van der Waals surface area (Å²) in [5.74, 6) is 2.58. The normalized spacial score (nSPS) is 16.5. The Morgan fingerprint density at radius 1 is 1.31 bits per heavy atom. The minimum absolute atomic E-state index is 0. The first-order valence-corrected chi connectivity index (χ1v) is 10.7. The number of aliphatic imine (C=N–C) groups is 1. The van der Waals surface area contributed by atoms with Gasteiger partial charge in [-0.2, -0.15) is 0 Å². The number of hydrogen-bond acceptors (Lipinski definition) is 5. The molecule has 1 fully saturated rings. The van der Waals surface area contributed by atoms with E-state index in [2.05, 4.69) is 25.5 Å². The maximum absolute atomic E-state index is 12.1. The molecule has 2 aromatic heterocycles. The van der Waals surface area contributed by atoms with Crippen molar-refractivity contribution >= 4 is 36.0 Å². The molecular weight excluding hydrogens is 521 g/mol. The average molecular weight is 555 g/mol. The highest BCUT2D eigenvalue weighted by Crippen LogP contribution is 2.13. The molecule has 32 heavy (non-hydrogen) atoms. The summed E-state index contributed by atoms with van der Waals surface area (Å²) in [7, 11) is 0. The lowest BCUT2D eigenvalue weighted by molar-refractivity contribution is 0.0507. The summed E-state index contributed by atoms with van der Waals surface area (Å²) in [5, 5.41) is 6.30. The number of aryl methyl sites for hydroxylation is 1. The highest BCUT2D eigenvalue weighted by Gasteiger charge is 2.27. The van der Waals surface area contributed by atoms with Gasteiger partial charge >= 0.3 is 6.09 Å². The molecule has 0 spiro atoms. The van der Waals surface area contributed by atoms with Crippen molar-refractivity contribution in [3.05, 3.63) is 42.1 Å². The summed E-state index contributed by atoms with van der Waals surface area (Å²) < 4.78 is 7.31. The number of nitrogens with one attached hydrogen (secondary N) is 2. The van der Waals surface area contributed by atoms with E-state index in [-0.39, 0.29) is 36.1 Å². The first kappa shape index (κ1) is 25.9. The minimum atomic E-state index is -0.501. The molecule has 10 heteroatoms. The zero-order valence-electron chi connectivity index (χ0n) is 19.5. The van der Waals surface area contributed by atoms with E-state index >= 15 is 0 Å². The fraction of sp³-hybridized carbons (Fsp3) is 0.545. The number of aromatic nitrogens is 3. The number of pyridine rings is 1. The molecule has 0 bridgehead atoms. The number of halogens is 1. The van der Waals surface area contributed by atoms with Crippen LogP contribution in [0.4, 0.5) is 4.79 Å². The highest BCUT2D eigenvalue weighted by molar-refractivity contribution is 14.0. The summed E-state index contributed by atoms with van der Waals surface area (Å²) in [4.78, 5) is 27.8. The van der Waals surface area contributed by atoms with Crippen molar-refractivity contribution in [1.29, 1.82) is 0 Å². The van der Waals surface area contributed by atoms with Crippen LogP contribution in [0.5, 0.6) is 0 Å². The van der Waals surface area contributed by atoms with Crippen LogP contribution in [-0.4, -0.2) is 62.8 Å². The van der Waals surface area contributed by atoms with Gasteiger partial charge in [-0.3, -0.25) is 4.57 Å². The van der Waals surface area contributed by atoms with Crippen molar-refractivity contribution < 1.29 is 9.53 Å².